The number of nitrogens with zero attached hydrogens (tertiary/aromatic N) is 5. The summed E-state index contributed by atoms with van der Waals surface area (Å²) in [6.07, 6.45) is 0. The molecule has 2 heterocycles. The topological polar surface area (TPSA) is 95.0 Å². The van der Waals surface area contributed by atoms with Gasteiger partial charge in [0.1, 0.15) is 0 Å². The Balaban J connectivity index is 1.51. The minimum atomic E-state index is -0.398. The summed E-state index contributed by atoms with van der Waals surface area (Å²) in [5.74, 6) is 0.621. The monoisotopic (exact) mass is 537 g/mol. The first-order chi connectivity index (χ1) is 17.8. The Kier molecular flexibility index (Phi) is 8.52. The number of hydrogen-bond donors (Lipinski definition) is 2. The first-order valence-corrected chi connectivity index (χ1v) is 12.5. The van der Waals surface area contributed by atoms with E-state index in [9.17, 15) is 4.79 Å². The molecule has 4 rings (SSSR count). The predicted molar refractivity (Wildman–Crippen MR) is 152 cm³/mol. The zero-order chi connectivity index (χ0) is 26.4. The van der Waals surface area contributed by atoms with E-state index in [1.165, 1.54) is 7.11 Å². The van der Waals surface area contributed by atoms with Crippen LogP contribution >= 0.6 is 23.8 Å². The van der Waals surface area contributed by atoms with Crippen LogP contribution in [0.25, 0.3) is 0 Å². The van der Waals surface area contributed by atoms with Crippen LogP contribution in [0.5, 0.6) is 0 Å². The maximum absolute atomic E-state index is 11.7. The van der Waals surface area contributed by atoms with Crippen molar-refractivity contribution in [3.8, 4) is 0 Å². The van der Waals surface area contributed by atoms with Crippen molar-refractivity contribution in [3.05, 3.63) is 76.6 Å². The van der Waals surface area contributed by atoms with Gasteiger partial charge in [0, 0.05) is 54.0 Å². The second-order valence-corrected chi connectivity index (χ2v) is 9.31. The number of thiocarbonyl (C=S) groups is 1. The van der Waals surface area contributed by atoms with Gasteiger partial charge < -0.3 is 19.9 Å². The Morgan fingerprint density at radius 1 is 0.973 bits per heavy atom. The molecular weight excluding hydrogens is 510 g/mol. The van der Waals surface area contributed by atoms with Crippen molar-refractivity contribution in [1.29, 1.82) is 0 Å². The van der Waals surface area contributed by atoms with Gasteiger partial charge in [0.15, 0.2) is 0 Å². The minimum absolute atomic E-state index is 0.262. The molecular formula is C26H28ClN7O2S. The van der Waals surface area contributed by atoms with Gasteiger partial charge in [-0.2, -0.15) is 4.99 Å². The van der Waals surface area contributed by atoms with E-state index in [4.69, 9.17) is 28.6 Å². The summed E-state index contributed by atoms with van der Waals surface area (Å²) in [6.45, 7) is 6.87. The molecule has 1 saturated heterocycles. The van der Waals surface area contributed by atoms with E-state index in [2.05, 4.69) is 35.4 Å². The number of anilines is 3. The summed E-state index contributed by atoms with van der Waals surface area (Å²) in [5.41, 5.74) is 3.99. The average Bonchev–Trinajstić information content (AvgIpc) is 2.88. The number of esters is 1. The van der Waals surface area contributed by atoms with Crippen molar-refractivity contribution in [2.45, 2.75) is 13.8 Å². The summed E-state index contributed by atoms with van der Waals surface area (Å²) < 4.78 is 4.75. The molecule has 192 valence electrons. The van der Waals surface area contributed by atoms with Crippen LogP contribution in [-0.2, 0) is 4.74 Å². The SMILES string of the molecule is COC(=O)c1ccc(NC(=S)/N=C(/Nc2nc(C)cc(C)n2)N2CCN(c3ccc(Cl)cc3)CC2)cc1. The van der Waals surface area contributed by atoms with Crippen LogP contribution in [0.3, 0.4) is 0 Å². The van der Waals surface area contributed by atoms with E-state index in [1.54, 1.807) is 24.3 Å². The highest BCUT2D eigenvalue weighted by molar-refractivity contribution is 7.80. The van der Waals surface area contributed by atoms with Gasteiger partial charge in [-0.15, -0.1) is 0 Å². The number of ether oxygens (including phenoxy) is 1. The number of methoxy groups -OCH3 is 1. The molecule has 1 aromatic heterocycles. The zero-order valence-corrected chi connectivity index (χ0v) is 22.4. The quantitative estimate of drug-likeness (QED) is 0.215. The minimum Gasteiger partial charge on any atom is -0.465 e. The molecule has 0 radical (unpaired) electrons. The van der Waals surface area contributed by atoms with Crippen LogP contribution in [-0.4, -0.2) is 65.2 Å². The van der Waals surface area contributed by atoms with Gasteiger partial charge >= 0.3 is 5.97 Å². The number of carbonyl (C=O) groups excluding carboxylic acids is 1. The highest BCUT2D eigenvalue weighted by Gasteiger charge is 2.22. The summed E-state index contributed by atoms with van der Waals surface area (Å²) in [6, 6.07) is 16.6. The Bertz CT molecular complexity index is 1270. The maximum Gasteiger partial charge on any atom is 0.337 e. The fourth-order valence-corrected chi connectivity index (χ4v) is 4.27. The lowest BCUT2D eigenvalue weighted by atomic mass is 10.2. The lowest BCUT2D eigenvalue weighted by Gasteiger charge is -2.37. The van der Waals surface area contributed by atoms with E-state index >= 15 is 0 Å². The number of guanidine groups is 1. The molecule has 3 aromatic rings. The number of aliphatic imine (C=N–C) groups is 1. The van der Waals surface area contributed by atoms with Crippen LogP contribution < -0.4 is 15.5 Å². The molecule has 0 aliphatic carbocycles. The van der Waals surface area contributed by atoms with Crippen molar-refractivity contribution in [2.75, 3.05) is 48.8 Å². The Morgan fingerprint density at radius 3 is 2.19 bits per heavy atom. The molecule has 0 unspecified atom stereocenters. The zero-order valence-electron chi connectivity index (χ0n) is 20.9. The molecule has 0 spiro atoms. The number of nitrogens with one attached hydrogen (secondary N) is 2. The summed E-state index contributed by atoms with van der Waals surface area (Å²) >= 11 is 11.6. The van der Waals surface area contributed by atoms with E-state index in [0.717, 1.165) is 48.3 Å². The van der Waals surface area contributed by atoms with Gasteiger partial charge in [-0.05, 0) is 80.7 Å². The van der Waals surface area contributed by atoms with Gasteiger partial charge in [0.25, 0.3) is 0 Å². The van der Waals surface area contributed by atoms with Crippen LogP contribution in [0.15, 0.2) is 59.6 Å². The number of benzene rings is 2. The fraction of sp³-hybridized carbons (Fsp3) is 0.269. The van der Waals surface area contributed by atoms with Crippen molar-refractivity contribution < 1.29 is 9.53 Å². The number of aromatic nitrogens is 2. The molecule has 1 aliphatic heterocycles. The van der Waals surface area contributed by atoms with E-state index in [1.807, 2.05) is 44.2 Å². The van der Waals surface area contributed by atoms with Gasteiger partial charge in [0.2, 0.25) is 17.0 Å². The van der Waals surface area contributed by atoms with E-state index in [-0.39, 0.29) is 5.11 Å². The lowest BCUT2D eigenvalue weighted by molar-refractivity contribution is 0.0601. The summed E-state index contributed by atoms with van der Waals surface area (Å²) in [5, 5.41) is 7.36. The van der Waals surface area contributed by atoms with Gasteiger partial charge in [-0.25, -0.2) is 14.8 Å². The smallest absolute Gasteiger partial charge is 0.337 e. The molecule has 0 amide bonds. The number of aryl methyl sites for hydroxylation is 2. The highest BCUT2D eigenvalue weighted by Crippen LogP contribution is 2.20. The van der Waals surface area contributed by atoms with E-state index in [0.29, 0.717) is 23.2 Å². The second-order valence-electron chi connectivity index (χ2n) is 8.48. The Labute approximate surface area is 226 Å². The molecule has 0 bridgehead atoms. The maximum atomic E-state index is 11.7. The molecule has 0 saturated carbocycles. The molecule has 37 heavy (non-hydrogen) atoms. The van der Waals surface area contributed by atoms with Crippen LogP contribution in [0.4, 0.5) is 17.3 Å². The first-order valence-electron chi connectivity index (χ1n) is 11.7. The number of halogens is 1. The second kappa shape index (κ2) is 12.0. The Morgan fingerprint density at radius 2 is 1.59 bits per heavy atom. The van der Waals surface area contributed by atoms with Crippen LogP contribution in [0.1, 0.15) is 21.7 Å². The van der Waals surface area contributed by atoms with Crippen LogP contribution in [0, 0.1) is 13.8 Å². The largest absolute Gasteiger partial charge is 0.465 e. The molecule has 1 aliphatic rings. The first kappa shape index (κ1) is 26.3. The van der Waals surface area contributed by atoms with Crippen molar-refractivity contribution in [1.82, 2.24) is 14.9 Å². The van der Waals surface area contributed by atoms with Gasteiger partial charge in [0.05, 0.1) is 12.7 Å². The summed E-state index contributed by atoms with van der Waals surface area (Å²) in [7, 11) is 1.35. The predicted octanol–water partition coefficient (Wildman–Crippen LogP) is 4.52. The van der Waals surface area contributed by atoms with Crippen molar-refractivity contribution >= 4 is 58.2 Å². The fourth-order valence-electron chi connectivity index (χ4n) is 3.94. The molecule has 1 fully saturated rings. The molecule has 0 atom stereocenters. The normalized spacial score (nSPS) is 13.8. The molecule has 11 heteroatoms. The standard InChI is InChI=1S/C26H28ClN7O2S/c1-17-16-18(2)29-24(28-17)31-25(32-26(37)30-21-8-4-19(5-9-21)23(35)36-3)34-14-12-33(13-15-34)22-10-6-20(27)7-11-22/h4-11,16H,12-15H2,1-3H3,(H2,28,29,30,31,32,37). The third-order valence-corrected chi connectivity index (χ3v) is 6.19. The lowest BCUT2D eigenvalue weighted by Crippen LogP contribution is -2.51. The van der Waals surface area contributed by atoms with Gasteiger partial charge in [-0.3, -0.25) is 5.32 Å². The Hall–Kier alpha value is -3.76. The third-order valence-electron chi connectivity index (χ3n) is 5.74. The molecule has 9 nitrogen and oxygen atoms in total. The number of carbonyl (C=O) groups is 1. The molecule has 2 aromatic carbocycles. The molecule has 2 N–H and O–H groups in total. The average molecular weight is 538 g/mol. The third kappa shape index (κ3) is 7.14. The number of rotatable bonds is 4. The van der Waals surface area contributed by atoms with Gasteiger partial charge in [-0.1, -0.05) is 11.6 Å². The van der Waals surface area contributed by atoms with Crippen LogP contribution in [0.2, 0.25) is 5.02 Å². The van der Waals surface area contributed by atoms with Crippen molar-refractivity contribution in [2.24, 2.45) is 4.99 Å². The van der Waals surface area contributed by atoms with E-state index < -0.39 is 5.97 Å². The number of piperazine rings is 1. The highest BCUT2D eigenvalue weighted by atomic mass is 35.5. The number of hydrogen-bond acceptors (Lipinski definition) is 6. The van der Waals surface area contributed by atoms with Crippen molar-refractivity contribution in [3.63, 3.8) is 0 Å². The summed E-state index contributed by atoms with van der Waals surface area (Å²) in [4.78, 5) is 29.8.